The molecule has 3 heterocycles. The second-order valence-electron chi connectivity index (χ2n) is 14.0. The van der Waals surface area contributed by atoms with Gasteiger partial charge in [-0.2, -0.15) is 0 Å². The highest BCUT2D eigenvalue weighted by molar-refractivity contribution is 6.74. The quantitative estimate of drug-likeness (QED) is 0.301. The van der Waals surface area contributed by atoms with Crippen LogP contribution in [0.15, 0.2) is 40.1 Å². The molecule has 42 heavy (non-hydrogen) atoms. The molecule has 1 fully saturated rings. The number of benzene rings is 1. The normalized spacial score (nSPS) is 23.1. The molecule has 1 N–H and O–H groups in total. The number of carbonyl (C=O) groups excluding carboxylic acids is 2. The number of H-pyrrole nitrogens is 1. The molecule has 1 aromatic carbocycles. The Morgan fingerprint density at radius 1 is 1.02 bits per heavy atom. The Hall–Kier alpha value is -2.65. The number of rotatable bonds is 10. The number of aromatic nitrogens is 2. The third-order valence-corrected chi connectivity index (χ3v) is 14.2. The van der Waals surface area contributed by atoms with Crippen molar-refractivity contribution in [2.45, 2.75) is 103 Å². The zero-order valence-electron chi connectivity index (χ0n) is 26.3. The molecule has 2 aliphatic heterocycles. The number of hydrogen-bond donors (Lipinski definition) is 1. The molecule has 2 aromatic rings. The largest absolute Gasteiger partial charge is 0.414 e. The minimum Gasteiger partial charge on any atom is -0.414 e. The number of ether oxygens (including phenoxy) is 1. The highest BCUT2D eigenvalue weighted by atomic mass is 28.4. The van der Waals surface area contributed by atoms with Crippen LogP contribution < -0.4 is 11.2 Å². The van der Waals surface area contributed by atoms with Crippen LogP contribution in [0.1, 0.15) is 72.5 Å². The predicted molar refractivity (Wildman–Crippen MR) is 166 cm³/mol. The summed E-state index contributed by atoms with van der Waals surface area (Å²) < 4.78 is 21.6. The molecule has 1 saturated heterocycles. The van der Waals surface area contributed by atoms with E-state index >= 15 is 0 Å². The van der Waals surface area contributed by atoms with E-state index in [1.165, 1.54) is 15.7 Å². The fraction of sp³-hybridized carbons (Fsp3) is 0.600. The molecule has 1 aromatic heterocycles. The molecule has 10 nitrogen and oxygen atoms in total. The number of aryl methyl sites for hydroxylation is 1. The first-order valence-electron chi connectivity index (χ1n) is 14.6. The summed E-state index contributed by atoms with van der Waals surface area (Å²) in [6.45, 7) is 19.4. The lowest BCUT2D eigenvalue weighted by molar-refractivity contribution is -0.0761. The highest BCUT2D eigenvalue weighted by Crippen LogP contribution is 2.45. The fourth-order valence-corrected chi connectivity index (χ4v) is 7.99. The monoisotopic (exact) mass is 615 g/mol. The Balaban J connectivity index is 1.65. The van der Waals surface area contributed by atoms with Gasteiger partial charge >= 0.3 is 5.69 Å². The van der Waals surface area contributed by atoms with Gasteiger partial charge in [0.15, 0.2) is 16.6 Å². The number of hydrogen-bond acceptors (Lipinski definition) is 7. The van der Waals surface area contributed by atoms with Crippen LogP contribution >= 0.6 is 0 Å². The summed E-state index contributed by atoms with van der Waals surface area (Å²) in [7, 11) is -4.36. The van der Waals surface area contributed by atoms with Crippen LogP contribution in [0.2, 0.25) is 37.8 Å². The Morgan fingerprint density at radius 2 is 1.62 bits per heavy atom. The summed E-state index contributed by atoms with van der Waals surface area (Å²) in [4.78, 5) is 54.7. The van der Waals surface area contributed by atoms with Gasteiger partial charge in [-0.1, -0.05) is 32.9 Å². The average molecular weight is 616 g/mol. The lowest BCUT2D eigenvalue weighted by atomic mass is 9.89. The molecule has 0 radical (unpaired) electrons. The second-order valence-corrected chi connectivity index (χ2v) is 23.3. The Morgan fingerprint density at radius 3 is 2.17 bits per heavy atom. The van der Waals surface area contributed by atoms with Crippen molar-refractivity contribution < 1.29 is 23.2 Å². The molecule has 0 bridgehead atoms. The van der Waals surface area contributed by atoms with Crippen molar-refractivity contribution in [2.75, 3.05) is 13.2 Å². The average Bonchev–Trinajstić information content (AvgIpc) is 3.33. The van der Waals surface area contributed by atoms with Crippen LogP contribution in [0.25, 0.3) is 0 Å². The molecule has 230 valence electrons. The Kier molecular flexibility index (Phi) is 8.80. The minimum absolute atomic E-state index is 0.0221. The van der Waals surface area contributed by atoms with Gasteiger partial charge < -0.3 is 13.6 Å². The standard InChI is InChI=1S/C30H45N3O7Si2/c1-20-18-33(28(37)31-25(20)34)24-17-30(40-41(5,6)7,23(39-24)19-38-42(8,9)29(2,3)4)15-12-16-32-26(35)21-13-10-11-14-22(21)27(32)36/h10-11,13-14,18,23-24H,12,15-17,19H2,1-9H3,(H,31,34,37)/t23-,24?,30+/m1/s1. The van der Waals surface area contributed by atoms with Crippen molar-refractivity contribution in [1.29, 1.82) is 0 Å². The SMILES string of the molecule is Cc1cn(C2C[C@](CCCN3C(=O)c4ccccc4C3=O)(O[Si](C)(C)C)[C@@H](CO[Si](C)(C)C(C)(C)C)O2)c(=O)[nH]c1=O. The van der Waals surface area contributed by atoms with Gasteiger partial charge in [0.2, 0.25) is 0 Å². The molecule has 1 unspecified atom stereocenters. The van der Waals surface area contributed by atoms with E-state index in [-0.39, 0.29) is 30.0 Å². The molecule has 2 aliphatic rings. The van der Waals surface area contributed by atoms with Crippen molar-refractivity contribution in [1.82, 2.24) is 14.5 Å². The van der Waals surface area contributed by atoms with Gasteiger partial charge in [-0.25, -0.2) is 4.79 Å². The first-order valence-corrected chi connectivity index (χ1v) is 20.9. The van der Waals surface area contributed by atoms with E-state index in [1.807, 2.05) is 0 Å². The van der Waals surface area contributed by atoms with Gasteiger partial charge in [0.1, 0.15) is 12.3 Å². The molecule has 4 rings (SSSR count). The summed E-state index contributed by atoms with van der Waals surface area (Å²) in [5.74, 6) is -0.575. The number of nitrogens with one attached hydrogen (secondary N) is 1. The van der Waals surface area contributed by atoms with E-state index in [1.54, 1.807) is 31.2 Å². The molecule has 0 saturated carbocycles. The number of amides is 2. The fourth-order valence-electron chi connectivity index (χ4n) is 5.45. The molecule has 0 aliphatic carbocycles. The van der Waals surface area contributed by atoms with Crippen LogP contribution in [-0.2, 0) is 13.6 Å². The smallest absolute Gasteiger partial charge is 0.330 e. The summed E-state index contributed by atoms with van der Waals surface area (Å²) in [6, 6.07) is 6.87. The Labute approximate surface area is 249 Å². The van der Waals surface area contributed by atoms with E-state index in [0.717, 1.165) is 0 Å². The lowest BCUT2D eigenvalue weighted by Crippen LogP contribution is -2.52. The van der Waals surface area contributed by atoms with E-state index in [2.05, 4.69) is 58.5 Å². The molecule has 3 atom stereocenters. The summed E-state index contributed by atoms with van der Waals surface area (Å²) in [6.07, 6.45) is 1.67. The number of fused-ring (bicyclic) bond motifs is 1. The summed E-state index contributed by atoms with van der Waals surface area (Å²) in [5.41, 5.74) is -0.560. The van der Waals surface area contributed by atoms with Gasteiger partial charge in [-0.3, -0.25) is 28.8 Å². The zero-order valence-corrected chi connectivity index (χ0v) is 28.3. The van der Waals surface area contributed by atoms with Gasteiger partial charge in [0.25, 0.3) is 17.4 Å². The van der Waals surface area contributed by atoms with Crippen LogP contribution in [-0.4, -0.2) is 67.8 Å². The first kappa shape index (κ1) is 32.3. The zero-order chi connectivity index (χ0) is 31.3. The molecule has 12 heteroatoms. The molecular formula is C30H45N3O7Si2. The van der Waals surface area contributed by atoms with Crippen molar-refractivity contribution in [3.63, 3.8) is 0 Å². The topological polar surface area (TPSA) is 120 Å². The van der Waals surface area contributed by atoms with E-state index < -0.39 is 45.8 Å². The van der Waals surface area contributed by atoms with E-state index in [9.17, 15) is 19.2 Å². The number of nitrogens with zero attached hydrogens (tertiary/aromatic N) is 2. The predicted octanol–water partition coefficient (Wildman–Crippen LogP) is 4.82. The summed E-state index contributed by atoms with van der Waals surface area (Å²) in [5, 5.41) is -0.0221. The van der Waals surface area contributed by atoms with Gasteiger partial charge in [-0.05, 0) is 69.7 Å². The summed E-state index contributed by atoms with van der Waals surface area (Å²) >= 11 is 0. The van der Waals surface area contributed by atoms with E-state index in [4.69, 9.17) is 13.6 Å². The lowest BCUT2D eigenvalue weighted by Gasteiger charge is -2.42. The van der Waals surface area contributed by atoms with E-state index in [0.29, 0.717) is 36.0 Å². The van der Waals surface area contributed by atoms with Crippen LogP contribution in [0, 0.1) is 6.92 Å². The van der Waals surface area contributed by atoms with Crippen LogP contribution in [0.4, 0.5) is 0 Å². The van der Waals surface area contributed by atoms with Crippen LogP contribution in [0.5, 0.6) is 0 Å². The number of carbonyl (C=O) groups is 2. The Bertz CT molecular complexity index is 1440. The first-order chi connectivity index (χ1) is 19.4. The maximum Gasteiger partial charge on any atom is 0.330 e. The molecule has 0 spiro atoms. The van der Waals surface area contributed by atoms with Crippen molar-refractivity contribution in [3.05, 3.63) is 68.0 Å². The maximum absolute atomic E-state index is 13.0. The highest BCUT2D eigenvalue weighted by Gasteiger charge is 2.53. The third kappa shape index (κ3) is 6.47. The second kappa shape index (κ2) is 11.5. The van der Waals surface area contributed by atoms with Crippen molar-refractivity contribution in [2.24, 2.45) is 0 Å². The van der Waals surface area contributed by atoms with Gasteiger partial charge in [0.05, 0.1) is 23.3 Å². The van der Waals surface area contributed by atoms with Gasteiger partial charge in [-0.15, -0.1) is 0 Å². The number of imide groups is 1. The minimum atomic E-state index is -2.19. The molecule has 2 amide bonds. The van der Waals surface area contributed by atoms with Crippen molar-refractivity contribution >= 4 is 28.4 Å². The van der Waals surface area contributed by atoms with Crippen molar-refractivity contribution in [3.8, 4) is 0 Å². The third-order valence-electron chi connectivity index (χ3n) is 8.66. The number of aromatic amines is 1. The van der Waals surface area contributed by atoms with Gasteiger partial charge in [0, 0.05) is 24.7 Å². The maximum atomic E-state index is 13.0. The van der Waals surface area contributed by atoms with Crippen LogP contribution in [0.3, 0.4) is 0 Å². The molecular weight excluding hydrogens is 571 g/mol.